The third-order valence-electron chi connectivity index (χ3n) is 5.18. The van der Waals surface area contributed by atoms with Crippen molar-refractivity contribution in [2.24, 2.45) is 0 Å². The van der Waals surface area contributed by atoms with Crippen LogP contribution in [-0.2, 0) is 24.3 Å². The van der Waals surface area contributed by atoms with Gasteiger partial charge in [0, 0.05) is 30.2 Å². The molecule has 1 fully saturated rings. The second kappa shape index (κ2) is 5.39. The van der Waals surface area contributed by atoms with Gasteiger partial charge in [-0.25, -0.2) is 14.2 Å². The molecule has 0 saturated carbocycles. The van der Waals surface area contributed by atoms with E-state index in [-0.39, 0.29) is 17.8 Å². The first kappa shape index (κ1) is 15.1. The smallest absolute Gasteiger partial charge is 0.323 e. The average Bonchev–Trinajstić information content (AvgIpc) is 3.10. The summed E-state index contributed by atoms with van der Waals surface area (Å²) in [6.45, 7) is 0.881. The van der Waals surface area contributed by atoms with Gasteiger partial charge in [0.1, 0.15) is 17.5 Å². The van der Waals surface area contributed by atoms with Gasteiger partial charge in [-0.05, 0) is 35.4 Å². The van der Waals surface area contributed by atoms with Crippen LogP contribution in [0.4, 0.5) is 9.18 Å². The first-order valence-corrected chi connectivity index (χ1v) is 8.42. The number of pyridine rings is 1. The largest absolute Gasteiger partial charge is 0.325 e. The molecule has 130 valence electrons. The number of amides is 3. The molecule has 2 aliphatic heterocycles. The van der Waals surface area contributed by atoms with Crippen LogP contribution >= 0.6 is 0 Å². The van der Waals surface area contributed by atoms with Gasteiger partial charge in [-0.15, -0.1) is 0 Å². The molecule has 1 unspecified atom stereocenters. The van der Waals surface area contributed by atoms with E-state index < -0.39 is 6.04 Å². The SMILES string of the molecule is O=C1NC(=O)N2Cc3c(c4cccnc4n3Cc3ccc(F)cc3)CC12. The lowest BCUT2D eigenvalue weighted by molar-refractivity contribution is -0.121. The van der Waals surface area contributed by atoms with Crippen molar-refractivity contribution in [1.29, 1.82) is 0 Å². The lowest BCUT2D eigenvalue weighted by Gasteiger charge is -2.28. The van der Waals surface area contributed by atoms with E-state index in [9.17, 15) is 14.0 Å². The fourth-order valence-electron chi connectivity index (χ4n) is 3.93. The highest BCUT2D eigenvalue weighted by Gasteiger charge is 2.43. The number of carbonyl (C=O) groups is 2. The number of nitrogens with one attached hydrogen (secondary N) is 1. The van der Waals surface area contributed by atoms with E-state index in [0.717, 1.165) is 27.9 Å². The zero-order valence-corrected chi connectivity index (χ0v) is 13.8. The van der Waals surface area contributed by atoms with Gasteiger partial charge in [-0.2, -0.15) is 0 Å². The Hall–Kier alpha value is -3.22. The fourth-order valence-corrected chi connectivity index (χ4v) is 3.93. The Morgan fingerprint density at radius 2 is 2.00 bits per heavy atom. The number of halogens is 1. The quantitative estimate of drug-likeness (QED) is 0.721. The molecule has 26 heavy (non-hydrogen) atoms. The number of hydrogen-bond donors (Lipinski definition) is 1. The summed E-state index contributed by atoms with van der Waals surface area (Å²) in [5.74, 6) is -0.523. The molecule has 3 amide bonds. The summed E-state index contributed by atoms with van der Waals surface area (Å²) in [5, 5.41) is 3.39. The minimum Gasteiger partial charge on any atom is -0.323 e. The summed E-state index contributed by atoms with van der Waals surface area (Å²) in [7, 11) is 0. The van der Waals surface area contributed by atoms with E-state index in [0.29, 0.717) is 19.5 Å². The standard InChI is InChI=1S/C19H15FN4O2/c20-12-5-3-11(4-6-12)9-23-16-10-24-15(18(25)22-19(24)26)8-14(16)13-2-1-7-21-17(13)23/h1-7,15H,8-10H2,(H,22,25,26). The predicted octanol–water partition coefficient (Wildman–Crippen LogP) is 2.20. The number of hydrogen-bond acceptors (Lipinski definition) is 3. The molecule has 5 rings (SSSR count). The van der Waals surface area contributed by atoms with Gasteiger partial charge in [0.05, 0.1) is 6.54 Å². The Kier molecular flexibility index (Phi) is 3.12. The maximum absolute atomic E-state index is 13.2. The van der Waals surface area contributed by atoms with E-state index in [1.165, 1.54) is 12.1 Å². The Labute approximate surface area is 148 Å². The molecule has 2 aromatic heterocycles. The number of fused-ring (bicyclic) bond motifs is 4. The van der Waals surface area contributed by atoms with Gasteiger partial charge in [0.15, 0.2) is 0 Å². The van der Waals surface area contributed by atoms with Gasteiger partial charge in [0.25, 0.3) is 5.91 Å². The number of rotatable bonds is 2. The lowest BCUT2D eigenvalue weighted by atomic mass is 9.98. The van der Waals surface area contributed by atoms with Crippen molar-refractivity contribution < 1.29 is 14.0 Å². The molecular formula is C19H15FN4O2. The maximum Gasteiger partial charge on any atom is 0.325 e. The highest BCUT2D eigenvalue weighted by molar-refractivity contribution is 6.05. The van der Waals surface area contributed by atoms with Gasteiger partial charge < -0.3 is 9.47 Å². The van der Waals surface area contributed by atoms with Crippen LogP contribution in [0.5, 0.6) is 0 Å². The number of urea groups is 1. The van der Waals surface area contributed by atoms with Crippen LogP contribution in [0.3, 0.4) is 0 Å². The molecule has 1 saturated heterocycles. The normalized spacial score (nSPS) is 18.8. The van der Waals surface area contributed by atoms with Gasteiger partial charge in [-0.1, -0.05) is 12.1 Å². The van der Waals surface area contributed by atoms with Crippen LogP contribution in [0.2, 0.25) is 0 Å². The summed E-state index contributed by atoms with van der Waals surface area (Å²) in [6.07, 6.45) is 2.21. The molecule has 0 bridgehead atoms. The zero-order chi connectivity index (χ0) is 17.8. The molecule has 1 N–H and O–H groups in total. The van der Waals surface area contributed by atoms with Crippen LogP contribution in [0.25, 0.3) is 11.0 Å². The average molecular weight is 350 g/mol. The second-order valence-electron chi connectivity index (χ2n) is 6.65. The number of nitrogens with zero attached hydrogens (tertiary/aromatic N) is 3. The Balaban J connectivity index is 1.65. The molecule has 1 atom stereocenters. The molecule has 4 heterocycles. The number of imide groups is 1. The molecule has 1 aromatic carbocycles. The Morgan fingerprint density at radius 1 is 1.19 bits per heavy atom. The highest BCUT2D eigenvalue weighted by Crippen LogP contribution is 2.34. The molecule has 7 heteroatoms. The van der Waals surface area contributed by atoms with Crippen LogP contribution < -0.4 is 5.32 Å². The molecule has 6 nitrogen and oxygen atoms in total. The summed E-state index contributed by atoms with van der Waals surface area (Å²) < 4.78 is 15.3. The van der Waals surface area contributed by atoms with Crippen LogP contribution in [-0.4, -0.2) is 32.4 Å². The third-order valence-corrected chi connectivity index (χ3v) is 5.18. The third kappa shape index (κ3) is 2.13. The fraction of sp³-hybridized carbons (Fsp3) is 0.211. The van der Waals surface area contributed by atoms with Gasteiger partial charge in [-0.3, -0.25) is 10.1 Å². The van der Waals surface area contributed by atoms with Crippen molar-refractivity contribution in [3.63, 3.8) is 0 Å². The van der Waals surface area contributed by atoms with Crippen LogP contribution in [0.15, 0.2) is 42.6 Å². The van der Waals surface area contributed by atoms with Crippen LogP contribution in [0, 0.1) is 5.82 Å². The first-order chi connectivity index (χ1) is 12.6. The molecule has 0 aliphatic carbocycles. The highest BCUT2D eigenvalue weighted by atomic mass is 19.1. The molecular weight excluding hydrogens is 335 g/mol. The van der Waals surface area contributed by atoms with Crippen molar-refractivity contribution in [2.45, 2.75) is 25.6 Å². The minimum absolute atomic E-state index is 0.246. The first-order valence-electron chi connectivity index (χ1n) is 8.42. The second-order valence-corrected chi connectivity index (χ2v) is 6.65. The summed E-state index contributed by atoms with van der Waals surface area (Å²) in [6, 6.07) is 9.41. The predicted molar refractivity (Wildman–Crippen MR) is 91.8 cm³/mol. The van der Waals surface area contributed by atoms with Gasteiger partial charge in [0.2, 0.25) is 0 Å². The lowest BCUT2D eigenvalue weighted by Crippen LogP contribution is -2.40. The molecule has 2 aliphatic rings. The summed E-state index contributed by atoms with van der Waals surface area (Å²) >= 11 is 0. The van der Waals surface area contributed by atoms with Crippen molar-refractivity contribution >= 4 is 23.0 Å². The maximum atomic E-state index is 13.2. The number of carbonyl (C=O) groups excluding carboxylic acids is 2. The van der Waals surface area contributed by atoms with Crippen molar-refractivity contribution in [2.75, 3.05) is 0 Å². The summed E-state index contributed by atoms with van der Waals surface area (Å²) in [4.78, 5) is 30.2. The number of aromatic nitrogens is 2. The Bertz CT molecular complexity index is 1060. The van der Waals surface area contributed by atoms with E-state index in [2.05, 4.69) is 14.9 Å². The van der Waals surface area contributed by atoms with E-state index in [4.69, 9.17) is 0 Å². The summed E-state index contributed by atoms with van der Waals surface area (Å²) in [5.41, 5.74) is 3.79. The monoisotopic (exact) mass is 350 g/mol. The van der Waals surface area contributed by atoms with Gasteiger partial charge >= 0.3 is 6.03 Å². The topological polar surface area (TPSA) is 67.2 Å². The zero-order valence-electron chi connectivity index (χ0n) is 13.8. The molecule has 0 spiro atoms. The molecule has 0 radical (unpaired) electrons. The van der Waals surface area contributed by atoms with E-state index in [1.807, 2.05) is 12.1 Å². The van der Waals surface area contributed by atoms with Crippen molar-refractivity contribution in [1.82, 2.24) is 19.8 Å². The number of benzene rings is 1. The van der Waals surface area contributed by atoms with Crippen molar-refractivity contribution in [3.05, 3.63) is 65.2 Å². The van der Waals surface area contributed by atoms with E-state index >= 15 is 0 Å². The Morgan fingerprint density at radius 3 is 2.81 bits per heavy atom. The van der Waals surface area contributed by atoms with E-state index in [1.54, 1.807) is 23.2 Å². The minimum atomic E-state index is -0.458. The molecule has 3 aromatic rings. The van der Waals surface area contributed by atoms with Crippen molar-refractivity contribution in [3.8, 4) is 0 Å². The van der Waals surface area contributed by atoms with Crippen LogP contribution in [0.1, 0.15) is 16.8 Å².